The normalized spacial score (nSPS) is 9.00. The van der Waals surface area contributed by atoms with E-state index < -0.39 is 17.7 Å². The van der Waals surface area contributed by atoms with Crippen molar-refractivity contribution in [1.82, 2.24) is 0 Å². The van der Waals surface area contributed by atoms with Gasteiger partial charge in [0.05, 0.1) is 0 Å². The Bertz CT molecular complexity index is 238. The minimum absolute atomic E-state index is 0.0787. The van der Waals surface area contributed by atoms with E-state index in [2.05, 4.69) is 16.1 Å². The number of rotatable bonds is 5. The van der Waals surface area contributed by atoms with Crippen molar-refractivity contribution in [1.29, 1.82) is 0 Å². The van der Waals surface area contributed by atoms with E-state index >= 15 is 0 Å². The van der Waals surface area contributed by atoms with E-state index in [0.717, 1.165) is 6.92 Å². The zero-order chi connectivity index (χ0) is 11.1. The van der Waals surface area contributed by atoms with Crippen LogP contribution in [0.1, 0.15) is 13.8 Å². The zero-order valence-electron chi connectivity index (χ0n) is 8.16. The van der Waals surface area contributed by atoms with Crippen LogP contribution < -0.4 is 0 Å². The molecule has 5 nitrogen and oxygen atoms in total. The lowest BCUT2D eigenvalue weighted by atomic mass is 10.4. The molecule has 0 fully saturated rings. The lowest BCUT2D eigenvalue weighted by molar-refractivity contribution is -0.155. The molecule has 0 amide bonds. The average Bonchev–Trinajstić information content (AvgIpc) is 2.11. The molecule has 0 aromatic heterocycles. The second-order valence-electron chi connectivity index (χ2n) is 2.61. The number of Topliss-reactive ketones (excluding diaryl/α,β-unsaturated/α-hetero) is 1. The van der Waals surface area contributed by atoms with Crippen LogP contribution in [-0.4, -0.2) is 30.9 Å². The first-order chi connectivity index (χ1) is 6.45. The summed E-state index contributed by atoms with van der Waals surface area (Å²) >= 11 is 0. The van der Waals surface area contributed by atoms with Gasteiger partial charge in [-0.2, -0.15) is 0 Å². The zero-order valence-corrected chi connectivity index (χ0v) is 8.16. The Balaban J connectivity index is 3.57. The van der Waals surface area contributed by atoms with E-state index in [-0.39, 0.29) is 18.8 Å². The van der Waals surface area contributed by atoms with Gasteiger partial charge in [0, 0.05) is 12.5 Å². The highest BCUT2D eigenvalue weighted by atomic mass is 16.6. The Morgan fingerprint density at radius 2 is 1.43 bits per heavy atom. The Morgan fingerprint density at radius 1 is 1.00 bits per heavy atom. The van der Waals surface area contributed by atoms with Crippen molar-refractivity contribution in [2.45, 2.75) is 13.8 Å². The molecule has 0 aliphatic carbocycles. The summed E-state index contributed by atoms with van der Waals surface area (Å²) in [6, 6.07) is 0. The molecule has 0 radical (unpaired) electrons. The highest BCUT2D eigenvalue weighted by Crippen LogP contribution is 1.91. The topological polar surface area (TPSA) is 69.7 Å². The fourth-order valence-electron chi connectivity index (χ4n) is 0.494. The minimum Gasteiger partial charge on any atom is -0.459 e. The van der Waals surface area contributed by atoms with Gasteiger partial charge in [-0.05, 0) is 6.92 Å². The SMILES string of the molecule is C=C(C)C(=O)OCCOC(=O)C(C)=O. The van der Waals surface area contributed by atoms with Crippen molar-refractivity contribution < 1.29 is 23.9 Å². The predicted octanol–water partition coefficient (Wildman–Crippen LogP) is 0.238. The van der Waals surface area contributed by atoms with Gasteiger partial charge in [0.2, 0.25) is 5.78 Å². The van der Waals surface area contributed by atoms with Crippen LogP contribution in [0.5, 0.6) is 0 Å². The van der Waals surface area contributed by atoms with Crippen LogP contribution in [0.15, 0.2) is 12.2 Å². The van der Waals surface area contributed by atoms with Crippen LogP contribution in [0.3, 0.4) is 0 Å². The molecule has 0 unspecified atom stereocenters. The van der Waals surface area contributed by atoms with Gasteiger partial charge < -0.3 is 9.47 Å². The van der Waals surface area contributed by atoms with Crippen LogP contribution in [-0.2, 0) is 23.9 Å². The first-order valence-electron chi connectivity index (χ1n) is 3.95. The molecular weight excluding hydrogens is 188 g/mol. The minimum atomic E-state index is -0.934. The summed E-state index contributed by atoms with van der Waals surface area (Å²) in [5.74, 6) is -2.17. The number of hydrogen-bond donors (Lipinski definition) is 0. The standard InChI is InChI=1S/C9H12O5/c1-6(2)8(11)13-4-5-14-9(12)7(3)10/h1,4-5H2,2-3H3. The highest BCUT2D eigenvalue weighted by molar-refractivity contribution is 6.32. The summed E-state index contributed by atoms with van der Waals surface area (Å²) in [7, 11) is 0. The van der Waals surface area contributed by atoms with Gasteiger partial charge in [0.15, 0.2) is 0 Å². The number of ketones is 1. The summed E-state index contributed by atoms with van der Waals surface area (Å²) < 4.78 is 9.04. The largest absolute Gasteiger partial charge is 0.459 e. The molecule has 0 aliphatic heterocycles. The van der Waals surface area contributed by atoms with E-state index in [1.165, 1.54) is 6.92 Å². The summed E-state index contributed by atoms with van der Waals surface area (Å²) in [6.45, 7) is 5.76. The molecule has 5 heteroatoms. The first-order valence-corrected chi connectivity index (χ1v) is 3.95. The van der Waals surface area contributed by atoms with Gasteiger partial charge in [-0.1, -0.05) is 6.58 Å². The Labute approximate surface area is 81.7 Å². The maximum absolute atomic E-state index is 10.8. The van der Waals surface area contributed by atoms with Gasteiger partial charge in [-0.15, -0.1) is 0 Å². The molecule has 0 atom stereocenters. The average molecular weight is 200 g/mol. The van der Waals surface area contributed by atoms with E-state index in [1.807, 2.05) is 0 Å². The molecule has 14 heavy (non-hydrogen) atoms. The van der Waals surface area contributed by atoms with Gasteiger partial charge in [-0.3, -0.25) is 4.79 Å². The van der Waals surface area contributed by atoms with Crippen molar-refractivity contribution in [3.63, 3.8) is 0 Å². The lowest BCUT2D eigenvalue weighted by Gasteiger charge is -2.04. The molecule has 0 heterocycles. The molecule has 0 bridgehead atoms. The van der Waals surface area contributed by atoms with E-state index in [9.17, 15) is 14.4 Å². The van der Waals surface area contributed by atoms with Gasteiger partial charge in [-0.25, -0.2) is 9.59 Å². The van der Waals surface area contributed by atoms with Crippen LogP contribution in [0.4, 0.5) is 0 Å². The van der Waals surface area contributed by atoms with E-state index in [4.69, 9.17) is 0 Å². The first kappa shape index (κ1) is 12.3. The number of ether oxygens (including phenoxy) is 2. The number of hydrogen-bond acceptors (Lipinski definition) is 5. The summed E-state index contributed by atoms with van der Waals surface area (Å²) in [5.41, 5.74) is 0.267. The summed E-state index contributed by atoms with van der Waals surface area (Å²) in [4.78, 5) is 31.8. The quantitative estimate of drug-likeness (QED) is 0.275. The van der Waals surface area contributed by atoms with E-state index in [0.29, 0.717) is 0 Å². The molecule has 0 spiro atoms. The molecule has 0 aromatic carbocycles. The third kappa shape index (κ3) is 5.08. The maximum Gasteiger partial charge on any atom is 0.374 e. The molecule has 0 aromatic rings. The third-order valence-corrected chi connectivity index (χ3v) is 1.19. The van der Waals surface area contributed by atoms with Gasteiger partial charge in [0.1, 0.15) is 13.2 Å². The molecule has 0 N–H and O–H groups in total. The van der Waals surface area contributed by atoms with Crippen molar-refractivity contribution in [3.05, 3.63) is 12.2 Å². The van der Waals surface area contributed by atoms with Gasteiger partial charge >= 0.3 is 11.9 Å². The van der Waals surface area contributed by atoms with Crippen LogP contribution in [0.2, 0.25) is 0 Å². The summed E-state index contributed by atoms with van der Waals surface area (Å²) in [5, 5.41) is 0. The van der Waals surface area contributed by atoms with E-state index in [1.54, 1.807) is 0 Å². The molecule has 0 saturated carbocycles. The van der Waals surface area contributed by atoms with Crippen molar-refractivity contribution in [2.24, 2.45) is 0 Å². The van der Waals surface area contributed by atoms with Crippen LogP contribution in [0, 0.1) is 0 Å². The van der Waals surface area contributed by atoms with Gasteiger partial charge in [0.25, 0.3) is 0 Å². The Morgan fingerprint density at radius 3 is 1.79 bits per heavy atom. The maximum atomic E-state index is 10.8. The van der Waals surface area contributed by atoms with Crippen LogP contribution >= 0.6 is 0 Å². The number of esters is 2. The second-order valence-corrected chi connectivity index (χ2v) is 2.61. The second kappa shape index (κ2) is 5.90. The van der Waals surface area contributed by atoms with Crippen molar-refractivity contribution in [2.75, 3.05) is 13.2 Å². The number of carbonyl (C=O) groups excluding carboxylic acids is 3. The van der Waals surface area contributed by atoms with Crippen LogP contribution in [0.25, 0.3) is 0 Å². The molecule has 0 rings (SSSR count). The molecular formula is C9H12O5. The fourth-order valence-corrected chi connectivity index (χ4v) is 0.494. The predicted molar refractivity (Wildman–Crippen MR) is 47.4 cm³/mol. The Kier molecular flexibility index (Phi) is 5.21. The lowest BCUT2D eigenvalue weighted by Crippen LogP contribution is -2.18. The molecule has 78 valence electrons. The van der Waals surface area contributed by atoms with Crippen molar-refractivity contribution >= 4 is 17.7 Å². The Hall–Kier alpha value is -1.65. The fraction of sp³-hybridized carbons (Fsp3) is 0.444. The smallest absolute Gasteiger partial charge is 0.374 e. The highest BCUT2D eigenvalue weighted by Gasteiger charge is 2.09. The molecule has 0 saturated heterocycles. The van der Waals surface area contributed by atoms with Crippen molar-refractivity contribution in [3.8, 4) is 0 Å². The molecule has 0 aliphatic rings. The monoisotopic (exact) mass is 200 g/mol. The number of carbonyl (C=O) groups is 3. The summed E-state index contributed by atoms with van der Waals surface area (Å²) in [6.07, 6.45) is 0. The third-order valence-electron chi connectivity index (χ3n) is 1.19.